The summed E-state index contributed by atoms with van der Waals surface area (Å²) in [5, 5.41) is 6.44. The molecule has 0 spiro atoms. The van der Waals surface area contributed by atoms with Crippen molar-refractivity contribution in [1.82, 2.24) is 0 Å². The highest BCUT2D eigenvalue weighted by Gasteiger charge is 1.94. The van der Waals surface area contributed by atoms with Crippen LogP contribution in [0.4, 0.5) is 11.4 Å². The lowest BCUT2D eigenvalue weighted by Gasteiger charge is -2.10. The Kier molecular flexibility index (Phi) is 2.97. The van der Waals surface area contributed by atoms with Gasteiger partial charge in [-0.15, -0.1) is 0 Å². The average molecular weight is 164 g/mol. The maximum Gasteiger partial charge on any atom is 0.0362 e. The summed E-state index contributed by atoms with van der Waals surface area (Å²) in [7, 11) is 1.93. The van der Waals surface area contributed by atoms with Crippen LogP contribution in [0.2, 0.25) is 0 Å². The molecule has 2 heteroatoms. The normalized spacial score (nSPS) is 10.0. The minimum absolute atomic E-state index is 0.483. The summed E-state index contributed by atoms with van der Waals surface area (Å²) in [5.74, 6) is 0. The van der Waals surface area contributed by atoms with Gasteiger partial charge < -0.3 is 10.6 Å². The van der Waals surface area contributed by atoms with E-state index in [9.17, 15) is 0 Å². The van der Waals surface area contributed by atoms with Crippen molar-refractivity contribution < 1.29 is 0 Å². The fourth-order valence-corrected chi connectivity index (χ4v) is 1.10. The fraction of sp³-hybridized carbons (Fsp3) is 0.400. The van der Waals surface area contributed by atoms with E-state index >= 15 is 0 Å². The molecule has 0 radical (unpaired) electrons. The lowest BCUT2D eigenvalue weighted by Crippen LogP contribution is -2.09. The van der Waals surface area contributed by atoms with Crippen LogP contribution in [0, 0.1) is 0 Å². The molecule has 66 valence electrons. The highest BCUT2D eigenvalue weighted by molar-refractivity contribution is 5.56. The standard InChI is InChI=1S/C10H16N2/c1-8(2)12-10-6-4-5-9(7-10)11-3/h4-8,11-12H,1-3H3. The van der Waals surface area contributed by atoms with Crippen LogP contribution < -0.4 is 10.6 Å². The van der Waals surface area contributed by atoms with E-state index < -0.39 is 0 Å². The van der Waals surface area contributed by atoms with Crippen LogP contribution in [-0.2, 0) is 0 Å². The van der Waals surface area contributed by atoms with E-state index in [0.29, 0.717) is 6.04 Å². The van der Waals surface area contributed by atoms with Crippen LogP contribution in [0.1, 0.15) is 13.8 Å². The molecular weight excluding hydrogens is 148 g/mol. The molecule has 0 saturated heterocycles. The molecule has 0 atom stereocenters. The minimum Gasteiger partial charge on any atom is -0.388 e. The van der Waals surface area contributed by atoms with Gasteiger partial charge in [0.15, 0.2) is 0 Å². The first kappa shape index (κ1) is 8.91. The average Bonchev–Trinajstić information content (AvgIpc) is 2.03. The summed E-state index contributed by atoms with van der Waals surface area (Å²) in [6.45, 7) is 4.26. The van der Waals surface area contributed by atoms with E-state index in [1.54, 1.807) is 0 Å². The zero-order valence-electron chi connectivity index (χ0n) is 7.89. The van der Waals surface area contributed by atoms with Gasteiger partial charge in [-0.25, -0.2) is 0 Å². The van der Waals surface area contributed by atoms with E-state index in [1.807, 2.05) is 19.2 Å². The Labute approximate surface area is 74.0 Å². The molecule has 1 aromatic carbocycles. The third-order valence-electron chi connectivity index (χ3n) is 1.61. The molecule has 0 aromatic heterocycles. The molecule has 1 rings (SSSR count). The molecule has 0 unspecified atom stereocenters. The van der Waals surface area contributed by atoms with Crippen LogP contribution in [0.5, 0.6) is 0 Å². The second-order valence-electron chi connectivity index (χ2n) is 3.13. The predicted octanol–water partition coefficient (Wildman–Crippen LogP) is 2.55. The van der Waals surface area contributed by atoms with E-state index in [-0.39, 0.29) is 0 Å². The van der Waals surface area contributed by atoms with E-state index in [4.69, 9.17) is 0 Å². The summed E-state index contributed by atoms with van der Waals surface area (Å²) in [6.07, 6.45) is 0. The van der Waals surface area contributed by atoms with Crippen LogP contribution in [0.3, 0.4) is 0 Å². The highest BCUT2D eigenvalue weighted by atomic mass is 14.9. The smallest absolute Gasteiger partial charge is 0.0362 e. The third-order valence-corrected chi connectivity index (χ3v) is 1.61. The molecule has 0 aliphatic carbocycles. The molecule has 0 aliphatic rings. The van der Waals surface area contributed by atoms with E-state index in [2.05, 4.69) is 36.6 Å². The zero-order valence-corrected chi connectivity index (χ0v) is 7.89. The molecule has 0 fully saturated rings. The monoisotopic (exact) mass is 164 g/mol. The lowest BCUT2D eigenvalue weighted by molar-refractivity contribution is 0.900. The predicted molar refractivity (Wildman–Crippen MR) is 54.7 cm³/mol. The van der Waals surface area contributed by atoms with Crippen LogP contribution in [-0.4, -0.2) is 13.1 Å². The topological polar surface area (TPSA) is 24.1 Å². The molecule has 12 heavy (non-hydrogen) atoms. The number of hydrogen-bond donors (Lipinski definition) is 2. The summed E-state index contributed by atoms with van der Waals surface area (Å²) < 4.78 is 0. The molecule has 0 aliphatic heterocycles. The first-order chi connectivity index (χ1) is 5.72. The SMILES string of the molecule is CNc1cccc(NC(C)C)c1. The Morgan fingerprint density at radius 3 is 2.42 bits per heavy atom. The molecule has 0 heterocycles. The van der Waals surface area contributed by atoms with Crippen molar-refractivity contribution in [3.63, 3.8) is 0 Å². The highest BCUT2D eigenvalue weighted by Crippen LogP contribution is 2.14. The Balaban J connectivity index is 2.72. The number of hydrogen-bond acceptors (Lipinski definition) is 2. The molecule has 0 amide bonds. The molecule has 2 nitrogen and oxygen atoms in total. The van der Waals surface area contributed by atoms with Crippen LogP contribution >= 0.6 is 0 Å². The van der Waals surface area contributed by atoms with Crippen molar-refractivity contribution >= 4 is 11.4 Å². The van der Waals surface area contributed by atoms with Gasteiger partial charge in [0.25, 0.3) is 0 Å². The molecule has 0 bridgehead atoms. The number of anilines is 2. The molecular formula is C10H16N2. The Morgan fingerprint density at radius 2 is 1.83 bits per heavy atom. The quantitative estimate of drug-likeness (QED) is 0.717. The van der Waals surface area contributed by atoms with Gasteiger partial charge in [0.05, 0.1) is 0 Å². The zero-order chi connectivity index (χ0) is 8.97. The maximum atomic E-state index is 3.34. The van der Waals surface area contributed by atoms with Gasteiger partial charge in [0.1, 0.15) is 0 Å². The van der Waals surface area contributed by atoms with Gasteiger partial charge in [0.2, 0.25) is 0 Å². The van der Waals surface area contributed by atoms with Gasteiger partial charge in [-0.05, 0) is 32.0 Å². The van der Waals surface area contributed by atoms with Gasteiger partial charge in [-0.1, -0.05) is 6.07 Å². The van der Waals surface area contributed by atoms with Crippen molar-refractivity contribution in [1.29, 1.82) is 0 Å². The van der Waals surface area contributed by atoms with Gasteiger partial charge in [-0.2, -0.15) is 0 Å². The second kappa shape index (κ2) is 4.00. The summed E-state index contributed by atoms with van der Waals surface area (Å²) in [5.41, 5.74) is 2.30. The van der Waals surface area contributed by atoms with Crippen LogP contribution in [0.15, 0.2) is 24.3 Å². The van der Waals surface area contributed by atoms with Gasteiger partial charge >= 0.3 is 0 Å². The van der Waals surface area contributed by atoms with Gasteiger partial charge in [-0.3, -0.25) is 0 Å². The van der Waals surface area contributed by atoms with Crippen molar-refractivity contribution in [3.8, 4) is 0 Å². The fourth-order valence-electron chi connectivity index (χ4n) is 1.10. The first-order valence-corrected chi connectivity index (χ1v) is 4.26. The van der Waals surface area contributed by atoms with Crippen molar-refractivity contribution in [2.24, 2.45) is 0 Å². The summed E-state index contributed by atoms with van der Waals surface area (Å²) in [6, 6.07) is 8.74. The molecule has 2 N–H and O–H groups in total. The number of nitrogens with one attached hydrogen (secondary N) is 2. The Morgan fingerprint density at radius 1 is 1.17 bits per heavy atom. The van der Waals surface area contributed by atoms with Crippen molar-refractivity contribution in [2.45, 2.75) is 19.9 Å². The third kappa shape index (κ3) is 2.46. The summed E-state index contributed by atoms with van der Waals surface area (Å²) in [4.78, 5) is 0. The van der Waals surface area contributed by atoms with Crippen molar-refractivity contribution in [3.05, 3.63) is 24.3 Å². The number of rotatable bonds is 3. The van der Waals surface area contributed by atoms with Gasteiger partial charge in [0, 0.05) is 24.5 Å². The lowest BCUT2D eigenvalue weighted by atomic mass is 10.2. The van der Waals surface area contributed by atoms with Crippen LogP contribution in [0.25, 0.3) is 0 Å². The largest absolute Gasteiger partial charge is 0.388 e. The maximum absolute atomic E-state index is 3.34. The number of benzene rings is 1. The Hall–Kier alpha value is -1.18. The second-order valence-corrected chi connectivity index (χ2v) is 3.13. The Bertz CT molecular complexity index is 243. The van der Waals surface area contributed by atoms with Crippen molar-refractivity contribution in [2.75, 3.05) is 17.7 Å². The first-order valence-electron chi connectivity index (χ1n) is 4.26. The minimum atomic E-state index is 0.483. The summed E-state index contributed by atoms with van der Waals surface area (Å²) >= 11 is 0. The van der Waals surface area contributed by atoms with E-state index in [1.165, 1.54) is 0 Å². The molecule has 1 aromatic rings. The molecule has 0 saturated carbocycles. The van der Waals surface area contributed by atoms with E-state index in [0.717, 1.165) is 11.4 Å².